The first-order valence-corrected chi connectivity index (χ1v) is 10.1. The minimum atomic E-state index is -0.521. The van der Waals surface area contributed by atoms with E-state index in [1.165, 1.54) is 50.7 Å². The van der Waals surface area contributed by atoms with Crippen molar-refractivity contribution in [3.63, 3.8) is 0 Å². The van der Waals surface area contributed by atoms with E-state index in [0.717, 1.165) is 12.8 Å². The Kier molecular flexibility index (Phi) is 12.2. The topological polar surface area (TPSA) is 52.6 Å². The molecule has 4 nitrogen and oxygen atoms in total. The molecule has 0 saturated carbocycles. The fourth-order valence-electron chi connectivity index (χ4n) is 2.47. The Morgan fingerprint density at radius 3 is 1.96 bits per heavy atom. The lowest BCUT2D eigenvalue weighted by Gasteiger charge is -2.06. The van der Waals surface area contributed by atoms with Gasteiger partial charge in [-0.3, -0.25) is 9.59 Å². The van der Waals surface area contributed by atoms with Crippen molar-refractivity contribution in [2.75, 3.05) is 6.61 Å². The van der Waals surface area contributed by atoms with Crippen LogP contribution < -0.4 is 4.74 Å². The van der Waals surface area contributed by atoms with Crippen molar-refractivity contribution >= 4 is 35.1 Å². The average molecular weight is 403 g/mol. The minimum Gasteiger partial charge on any atom is -0.466 e. The molecule has 1 rings (SSSR count). The Labute approximate surface area is 166 Å². The van der Waals surface area contributed by atoms with Crippen LogP contribution >= 0.6 is 23.2 Å². The van der Waals surface area contributed by atoms with Crippen molar-refractivity contribution in [1.82, 2.24) is 0 Å². The van der Waals surface area contributed by atoms with Gasteiger partial charge in [-0.2, -0.15) is 0 Å². The predicted molar refractivity (Wildman–Crippen MR) is 105 cm³/mol. The largest absolute Gasteiger partial charge is 0.466 e. The van der Waals surface area contributed by atoms with Crippen molar-refractivity contribution in [1.29, 1.82) is 0 Å². The highest BCUT2D eigenvalue weighted by atomic mass is 35.5. The molecule has 0 heterocycles. The van der Waals surface area contributed by atoms with Crippen molar-refractivity contribution in [3.05, 3.63) is 28.2 Å². The third-order valence-electron chi connectivity index (χ3n) is 3.86. The van der Waals surface area contributed by atoms with Gasteiger partial charge in [0.05, 0.1) is 19.4 Å². The molecule has 0 fully saturated rings. The molecule has 0 N–H and O–H groups in total. The molecule has 1 aromatic carbocycles. The lowest BCUT2D eigenvalue weighted by molar-refractivity contribution is -0.147. The molecule has 0 unspecified atom stereocenters. The van der Waals surface area contributed by atoms with Gasteiger partial charge in [0.25, 0.3) is 0 Å². The summed E-state index contributed by atoms with van der Waals surface area (Å²) >= 11 is 11.7. The fraction of sp³-hybridized carbons (Fsp3) is 0.600. The summed E-state index contributed by atoms with van der Waals surface area (Å²) in [6.07, 6.45) is 9.48. The molecule has 0 bridgehead atoms. The molecule has 0 aromatic heterocycles. The maximum atomic E-state index is 11.7. The standard InChI is InChI=1S/C20H28Cl2O4/c1-2-3-4-5-6-7-8-9-12-25-19(23)10-11-20(24)26-18-14-16(21)13-17(22)15-18/h13-15H,2-12H2,1H3. The fourth-order valence-corrected chi connectivity index (χ4v) is 2.97. The molecule has 26 heavy (non-hydrogen) atoms. The van der Waals surface area contributed by atoms with Gasteiger partial charge in [-0.25, -0.2) is 0 Å². The summed E-state index contributed by atoms with van der Waals surface area (Å²) in [7, 11) is 0. The summed E-state index contributed by atoms with van der Waals surface area (Å²) in [5.41, 5.74) is 0. The molecule has 6 heteroatoms. The minimum absolute atomic E-state index is 0.00412. The van der Waals surface area contributed by atoms with Crippen LogP contribution in [-0.2, 0) is 14.3 Å². The van der Waals surface area contributed by atoms with Crippen LogP contribution in [0.5, 0.6) is 5.75 Å². The first-order valence-electron chi connectivity index (χ1n) is 9.33. The number of halogens is 2. The molecule has 0 aliphatic rings. The van der Waals surface area contributed by atoms with Gasteiger partial charge < -0.3 is 9.47 Å². The van der Waals surface area contributed by atoms with Crippen LogP contribution in [0.4, 0.5) is 0 Å². The molecule has 0 aliphatic carbocycles. The van der Waals surface area contributed by atoms with E-state index < -0.39 is 5.97 Å². The number of carbonyl (C=O) groups is 2. The number of unbranched alkanes of at least 4 members (excludes halogenated alkanes) is 7. The summed E-state index contributed by atoms with van der Waals surface area (Å²) in [5, 5.41) is 0.759. The van der Waals surface area contributed by atoms with Gasteiger partial charge in [0.15, 0.2) is 0 Å². The lowest BCUT2D eigenvalue weighted by Crippen LogP contribution is -2.12. The maximum Gasteiger partial charge on any atom is 0.311 e. The summed E-state index contributed by atoms with van der Waals surface area (Å²) in [6, 6.07) is 4.53. The summed E-state index contributed by atoms with van der Waals surface area (Å²) < 4.78 is 10.2. The van der Waals surface area contributed by atoms with E-state index in [1.54, 1.807) is 6.07 Å². The molecular weight excluding hydrogens is 375 g/mol. The van der Waals surface area contributed by atoms with Crippen LogP contribution in [0.15, 0.2) is 18.2 Å². The van der Waals surface area contributed by atoms with Crippen LogP contribution in [0.1, 0.15) is 71.1 Å². The maximum absolute atomic E-state index is 11.7. The van der Waals surface area contributed by atoms with Gasteiger partial charge >= 0.3 is 11.9 Å². The van der Waals surface area contributed by atoms with Crippen LogP contribution in [0.25, 0.3) is 0 Å². The summed E-state index contributed by atoms with van der Waals surface area (Å²) in [6.45, 7) is 2.62. The Morgan fingerprint density at radius 1 is 0.808 bits per heavy atom. The van der Waals surface area contributed by atoms with E-state index in [-0.39, 0.29) is 24.6 Å². The van der Waals surface area contributed by atoms with E-state index in [4.69, 9.17) is 32.7 Å². The monoisotopic (exact) mass is 402 g/mol. The molecule has 0 amide bonds. The van der Waals surface area contributed by atoms with Crippen molar-refractivity contribution in [2.45, 2.75) is 71.1 Å². The van der Waals surface area contributed by atoms with E-state index >= 15 is 0 Å². The van der Waals surface area contributed by atoms with Crippen LogP contribution in [0, 0.1) is 0 Å². The third-order valence-corrected chi connectivity index (χ3v) is 4.30. The number of rotatable bonds is 13. The molecule has 0 radical (unpaired) electrons. The Balaban J connectivity index is 2.06. The molecule has 0 atom stereocenters. The second kappa shape index (κ2) is 13.9. The van der Waals surface area contributed by atoms with E-state index in [9.17, 15) is 9.59 Å². The van der Waals surface area contributed by atoms with Crippen molar-refractivity contribution < 1.29 is 19.1 Å². The smallest absolute Gasteiger partial charge is 0.311 e. The van der Waals surface area contributed by atoms with Crippen LogP contribution in [0.2, 0.25) is 10.0 Å². The highest BCUT2D eigenvalue weighted by molar-refractivity contribution is 6.34. The average Bonchev–Trinajstić information content (AvgIpc) is 2.57. The number of ether oxygens (including phenoxy) is 2. The third kappa shape index (κ3) is 11.4. The Hall–Kier alpha value is -1.26. The van der Waals surface area contributed by atoms with Gasteiger partial charge in [0, 0.05) is 10.0 Å². The number of esters is 2. The first-order chi connectivity index (χ1) is 12.5. The molecule has 0 saturated heterocycles. The van der Waals surface area contributed by atoms with Gasteiger partial charge in [-0.15, -0.1) is 0 Å². The van der Waals surface area contributed by atoms with E-state index in [1.807, 2.05) is 0 Å². The molecule has 0 aliphatic heterocycles. The normalized spacial score (nSPS) is 10.6. The molecule has 1 aromatic rings. The van der Waals surface area contributed by atoms with Crippen molar-refractivity contribution in [3.8, 4) is 5.75 Å². The van der Waals surface area contributed by atoms with Gasteiger partial charge in [-0.1, -0.05) is 75.1 Å². The summed E-state index contributed by atoms with van der Waals surface area (Å²) in [4.78, 5) is 23.4. The molecular formula is C20H28Cl2O4. The zero-order valence-electron chi connectivity index (χ0n) is 15.4. The number of hydrogen-bond donors (Lipinski definition) is 0. The quantitative estimate of drug-likeness (QED) is 0.218. The molecule has 146 valence electrons. The summed E-state index contributed by atoms with van der Waals surface area (Å²) in [5.74, 6) is -0.638. The van der Waals surface area contributed by atoms with E-state index in [0.29, 0.717) is 16.7 Å². The van der Waals surface area contributed by atoms with Gasteiger partial charge in [0.2, 0.25) is 0 Å². The Morgan fingerprint density at radius 2 is 1.35 bits per heavy atom. The second-order valence-electron chi connectivity index (χ2n) is 6.27. The first kappa shape index (κ1) is 22.8. The second-order valence-corrected chi connectivity index (χ2v) is 7.15. The lowest BCUT2D eigenvalue weighted by atomic mass is 10.1. The number of carbonyl (C=O) groups excluding carboxylic acids is 2. The Bertz CT molecular complexity index is 540. The molecule has 0 spiro atoms. The predicted octanol–water partition coefficient (Wildman–Crippen LogP) is 6.36. The van der Waals surface area contributed by atoms with Crippen LogP contribution in [-0.4, -0.2) is 18.5 Å². The van der Waals surface area contributed by atoms with Gasteiger partial charge in [0.1, 0.15) is 5.75 Å². The number of hydrogen-bond acceptors (Lipinski definition) is 4. The highest BCUT2D eigenvalue weighted by Crippen LogP contribution is 2.24. The van der Waals surface area contributed by atoms with Crippen molar-refractivity contribution in [2.24, 2.45) is 0 Å². The zero-order chi connectivity index (χ0) is 19.2. The SMILES string of the molecule is CCCCCCCCCCOC(=O)CCC(=O)Oc1cc(Cl)cc(Cl)c1. The van der Waals surface area contributed by atoms with Gasteiger partial charge in [-0.05, 0) is 24.6 Å². The number of benzene rings is 1. The van der Waals surface area contributed by atoms with E-state index in [2.05, 4.69) is 6.92 Å². The highest BCUT2D eigenvalue weighted by Gasteiger charge is 2.11. The zero-order valence-corrected chi connectivity index (χ0v) is 16.9. The van der Waals surface area contributed by atoms with Crippen LogP contribution in [0.3, 0.4) is 0 Å².